The molecule has 1 saturated heterocycles. The number of nitrogens with one attached hydrogen (secondary N) is 1. The lowest BCUT2D eigenvalue weighted by Gasteiger charge is -2.25. The molecular formula is C11H14ClNO4. The third kappa shape index (κ3) is 2.74. The van der Waals surface area contributed by atoms with Gasteiger partial charge >= 0.3 is 6.09 Å². The number of hydrogen-bond donors (Lipinski definition) is 2. The first-order valence-electron chi connectivity index (χ1n) is 5.01. The third-order valence-corrected chi connectivity index (χ3v) is 2.54. The fourth-order valence-corrected chi connectivity index (χ4v) is 1.80. The Balaban J connectivity index is 0.00000144. The molecule has 0 saturated carbocycles. The molecule has 5 nitrogen and oxygen atoms in total. The van der Waals surface area contributed by atoms with Crippen molar-refractivity contribution in [2.75, 3.05) is 13.7 Å². The molecule has 6 heteroatoms. The molecule has 0 bridgehead atoms. The zero-order valence-corrected chi connectivity index (χ0v) is 10.1. The number of phenols is 1. The maximum absolute atomic E-state index is 11.1. The number of hydrogen-bond acceptors (Lipinski definition) is 4. The molecule has 1 amide bonds. The van der Waals surface area contributed by atoms with Gasteiger partial charge < -0.3 is 19.9 Å². The summed E-state index contributed by atoms with van der Waals surface area (Å²) in [6.45, 7) is 0.341. The summed E-state index contributed by atoms with van der Waals surface area (Å²) in [5.74, 6) is 0.679. The second kappa shape index (κ2) is 5.63. The number of rotatable bonds is 2. The van der Waals surface area contributed by atoms with E-state index in [9.17, 15) is 9.90 Å². The molecule has 1 aliphatic heterocycles. The minimum atomic E-state index is -0.471. The van der Waals surface area contributed by atoms with Crippen molar-refractivity contribution in [1.29, 1.82) is 0 Å². The molecule has 2 N–H and O–H groups in total. The summed E-state index contributed by atoms with van der Waals surface area (Å²) in [6.07, 6.45) is 0.140. The number of aromatic hydroxyl groups is 1. The summed E-state index contributed by atoms with van der Waals surface area (Å²) in [4.78, 5) is 11.1. The molecule has 17 heavy (non-hydrogen) atoms. The SMILES string of the molecule is COc1cccc(O)c1[C@@H]1CCOC(=O)N1.Cl. The maximum Gasteiger partial charge on any atom is 0.407 e. The number of halogens is 1. The predicted molar refractivity (Wildman–Crippen MR) is 63.7 cm³/mol. The molecule has 1 fully saturated rings. The smallest absolute Gasteiger partial charge is 0.407 e. The van der Waals surface area contributed by atoms with Gasteiger partial charge in [-0.2, -0.15) is 0 Å². The second-order valence-electron chi connectivity index (χ2n) is 3.51. The lowest BCUT2D eigenvalue weighted by Crippen LogP contribution is -2.35. The van der Waals surface area contributed by atoms with Crippen LogP contribution in [0.5, 0.6) is 11.5 Å². The van der Waals surface area contributed by atoms with E-state index in [2.05, 4.69) is 5.32 Å². The van der Waals surface area contributed by atoms with Crippen LogP contribution in [0.3, 0.4) is 0 Å². The average Bonchev–Trinajstić information content (AvgIpc) is 2.28. The Kier molecular flexibility index (Phi) is 4.45. The van der Waals surface area contributed by atoms with Crippen LogP contribution in [0, 0.1) is 0 Å². The lowest BCUT2D eigenvalue weighted by molar-refractivity contribution is 0.114. The molecule has 2 rings (SSSR count). The normalized spacial score (nSPS) is 18.6. The molecule has 0 aromatic heterocycles. The highest BCUT2D eigenvalue weighted by atomic mass is 35.5. The van der Waals surface area contributed by atoms with Gasteiger partial charge in [0.2, 0.25) is 0 Å². The van der Waals surface area contributed by atoms with Crippen LogP contribution in [0.4, 0.5) is 4.79 Å². The van der Waals surface area contributed by atoms with E-state index in [-0.39, 0.29) is 24.2 Å². The number of ether oxygens (including phenoxy) is 2. The van der Waals surface area contributed by atoms with E-state index in [1.165, 1.54) is 7.11 Å². The standard InChI is InChI=1S/C11H13NO4.ClH/c1-15-9-4-2-3-8(13)10(9)7-5-6-16-11(14)12-7;/h2-4,7,13H,5-6H2,1H3,(H,12,14);1H/t7-;/m0./s1. The summed E-state index contributed by atoms with van der Waals surface area (Å²) in [5, 5.41) is 12.4. The van der Waals surface area contributed by atoms with Crippen LogP contribution in [-0.4, -0.2) is 24.9 Å². The Labute approximate surface area is 105 Å². The average molecular weight is 260 g/mol. The van der Waals surface area contributed by atoms with E-state index >= 15 is 0 Å². The molecule has 0 spiro atoms. The Morgan fingerprint density at radius 1 is 1.53 bits per heavy atom. The van der Waals surface area contributed by atoms with E-state index in [4.69, 9.17) is 9.47 Å². The molecule has 0 unspecified atom stereocenters. The Morgan fingerprint density at radius 2 is 2.29 bits per heavy atom. The van der Waals surface area contributed by atoms with Gasteiger partial charge in [0, 0.05) is 6.42 Å². The molecule has 1 aliphatic rings. The first-order valence-corrected chi connectivity index (χ1v) is 5.01. The van der Waals surface area contributed by atoms with Crippen LogP contribution in [0.1, 0.15) is 18.0 Å². The predicted octanol–water partition coefficient (Wildman–Crippen LogP) is 1.99. The van der Waals surface area contributed by atoms with Gasteiger partial charge in [-0.1, -0.05) is 6.07 Å². The largest absolute Gasteiger partial charge is 0.507 e. The number of methoxy groups -OCH3 is 1. The third-order valence-electron chi connectivity index (χ3n) is 2.54. The van der Waals surface area contributed by atoms with Gasteiger partial charge in [0.05, 0.1) is 25.3 Å². The summed E-state index contributed by atoms with van der Waals surface area (Å²) in [7, 11) is 1.53. The molecule has 1 aromatic rings. The number of benzene rings is 1. The topological polar surface area (TPSA) is 67.8 Å². The summed E-state index contributed by atoms with van der Waals surface area (Å²) < 4.78 is 9.93. The Hall–Kier alpha value is -1.62. The van der Waals surface area contributed by atoms with E-state index < -0.39 is 6.09 Å². The first kappa shape index (κ1) is 13.4. The van der Waals surface area contributed by atoms with Gasteiger partial charge in [0.25, 0.3) is 0 Å². The number of cyclic esters (lactones) is 1. The lowest BCUT2D eigenvalue weighted by atomic mass is 10.0. The van der Waals surface area contributed by atoms with Crippen LogP contribution in [-0.2, 0) is 4.74 Å². The van der Waals surface area contributed by atoms with Crippen molar-refractivity contribution < 1.29 is 19.4 Å². The number of phenolic OH excluding ortho intramolecular Hbond substituents is 1. The molecule has 1 aromatic carbocycles. The molecule has 0 aliphatic carbocycles. The number of carbonyl (C=O) groups excluding carboxylic acids is 1. The van der Waals surface area contributed by atoms with Crippen LogP contribution in [0.15, 0.2) is 18.2 Å². The van der Waals surface area contributed by atoms with E-state index in [0.717, 1.165) is 0 Å². The molecule has 1 atom stereocenters. The van der Waals surface area contributed by atoms with E-state index in [0.29, 0.717) is 24.3 Å². The van der Waals surface area contributed by atoms with Crippen molar-refractivity contribution in [2.45, 2.75) is 12.5 Å². The quantitative estimate of drug-likeness (QED) is 0.852. The first-order chi connectivity index (χ1) is 7.72. The molecular weight excluding hydrogens is 246 g/mol. The fraction of sp³-hybridized carbons (Fsp3) is 0.364. The Morgan fingerprint density at radius 3 is 2.94 bits per heavy atom. The van der Waals surface area contributed by atoms with Crippen LogP contribution in [0.2, 0.25) is 0 Å². The minimum absolute atomic E-state index is 0. The van der Waals surface area contributed by atoms with Crippen molar-refractivity contribution in [3.8, 4) is 11.5 Å². The molecule has 94 valence electrons. The van der Waals surface area contributed by atoms with Crippen molar-refractivity contribution >= 4 is 18.5 Å². The highest BCUT2D eigenvalue weighted by Crippen LogP contribution is 2.35. The highest BCUT2D eigenvalue weighted by Gasteiger charge is 2.25. The fourth-order valence-electron chi connectivity index (χ4n) is 1.80. The number of carbonyl (C=O) groups is 1. The van der Waals surface area contributed by atoms with Crippen molar-refractivity contribution in [2.24, 2.45) is 0 Å². The number of alkyl carbamates (subject to hydrolysis) is 1. The molecule has 1 heterocycles. The van der Waals surface area contributed by atoms with E-state index in [1.807, 2.05) is 0 Å². The van der Waals surface area contributed by atoms with Crippen LogP contribution >= 0.6 is 12.4 Å². The van der Waals surface area contributed by atoms with Gasteiger partial charge in [-0.05, 0) is 12.1 Å². The molecule has 0 radical (unpaired) electrons. The van der Waals surface area contributed by atoms with Gasteiger partial charge in [-0.25, -0.2) is 4.79 Å². The minimum Gasteiger partial charge on any atom is -0.507 e. The Bertz CT molecular complexity index is 410. The van der Waals surface area contributed by atoms with Gasteiger partial charge in [-0.15, -0.1) is 12.4 Å². The zero-order valence-electron chi connectivity index (χ0n) is 9.30. The van der Waals surface area contributed by atoms with Crippen molar-refractivity contribution in [1.82, 2.24) is 5.32 Å². The van der Waals surface area contributed by atoms with E-state index in [1.54, 1.807) is 18.2 Å². The second-order valence-corrected chi connectivity index (χ2v) is 3.51. The monoisotopic (exact) mass is 259 g/mol. The summed E-state index contributed by atoms with van der Waals surface area (Å²) >= 11 is 0. The zero-order chi connectivity index (χ0) is 11.5. The van der Waals surface area contributed by atoms with Gasteiger partial charge in [0.15, 0.2) is 0 Å². The summed E-state index contributed by atoms with van der Waals surface area (Å²) in [6, 6.07) is 4.74. The van der Waals surface area contributed by atoms with Crippen LogP contribution < -0.4 is 10.1 Å². The maximum atomic E-state index is 11.1. The van der Waals surface area contributed by atoms with Crippen LogP contribution in [0.25, 0.3) is 0 Å². The van der Waals surface area contributed by atoms with Gasteiger partial charge in [-0.3, -0.25) is 0 Å². The van der Waals surface area contributed by atoms with Crippen molar-refractivity contribution in [3.63, 3.8) is 0 Å². The van der Waals surface area contributed by atoms with Crippen molar-refractivity contribution in [3.05, 3.63) is 23.8 Å². The summed E-state index contributed by atoms with van der Waals surface area (Å²) in [5.41, 5.74) is 0.599. The number of amides is 1. The highest BCUT2D eigenvalue weighted by molar-refractivity contribution is 5.85. The van der Waals surface area contributed by atoms with Gasteiger partial charge in [0.1, 0.15) is 11.5 Å².